The second-order valence-corrected chi connectivity index (χ2v) is 13.9. The number of rotatable bonds is 5. The van der Waals surface area contributed by atoms with Gasteiger partial charge in [-0.15, -0.1) is 8.13 Å². The molecule has 0 radical (unpaired) electrons. The first-order valence-electron chi connectivity index (χ1n) is 3.38. The van der Waals surface area contributed by atoms with E-state index in [4.69, 9.17) is 9.47 Å². The van der Waals surface area contributed by atoms with Gasteiger partial charge in [0.05, 0.1) is 14.1 Å². The Kier molecular flexibility index (Phi) is 5.55. The average molecular weight is 180 g/mol. The van der Waals surface area contributed by atoms with Gasteiger partial charge in [-0.05, 0) is 0 Å². The zero-order valence-corrected chi connectivity index (χ0v) is 9.23. The summed E-state index contributed by atoms with van der Waals surface area (Å²) < 4.78 is 9.94. The fraction of sp³-hybridized carbons (Fsp3) is 1.00. The van der Waals surface area contributed by atoms with Crippen molar-refractivity contribution in [3.05, 3.63) is 0 Å². The quantitative estimate of drug-likeness (QED) is 0.279. The highest BCUT2D eigenvalue weighted by Gasteiger charge is 2.11. The van der Waals surface area contributed by atoms with Crippen LogP contribution in [0.15, 0.2) is 0 Å². The Labute approximate surface area is 65.9 Å². The second kappa shape index (κ2) is 5.25. The number of ether oxygens (including phenoxy) is 2. The Bertz CT molecular complexity index is 82.3. The van der Waals surface area contributed by atoms with Crippen molar-refractivity contribution in [2.75, 3.05) is 20.3 Å². The van der Waals surface area contributed by atoms with E-state index in [9.17, 15) is 0 Å². The first kappa shape index (κ1) is 10.6. The van der Waals surface area contributed by atoms with Crippen molar-refractivity contribution in [2.24, 2.45) is 0 Å². The third-order valence-electron chi connectivity index (χ3n) is 0.906. The van der Waals surface area contributed by atoms with E-state index in [1.807, 2.05) is 0 Å². The number of methoxy groups -OCH3 is 1. The molecule has 10 heavy (non-hydrogen) atoms. The van der Waals surface area contributed by atoms with Gasteiger partial charge in [-0.2, -0.15) is 0 Å². The van der Waals surface area contributed by atoms with Gasteiger partial charge in [-0.3, -0.25) is 0 Å². The van der Waals surface area contributed by atoms with Gasteiger partial charge in [-0.25, -0.2) is 0 Å². The molecule has 0 aromatic carbocycles. The van der Waals surface area contributed by atoms with Crippen LogP contribution >= 0.6 is 8.13 Å². The van der Waals surface area contributed by atoms with Crippen molar-refractivity contribution >= 4 is 15.9 Å². The summed E-state index contributed by atoms with van der Waals surface area (Å²) in [6, 6.07) is 0. The molecule has 0 amide bonds. The van der Waals surface area contributed by atoms with E-state index in [1.54, 1.807) is 7.11 Å². The molecule has 0 aliphatic heterocycles. The van der Waals surface area contributed by atoms with Crippen LogP contribution in [0.3, 0.4) is 0 Å². The van der Waals surface area contributed by atoms with Crippen LogP contribution in [0.25, 0.3) is 0 Å². The molecule has 0 aliphatic carbocycles. The lowest BCUT2D eigenvalue weighted by molar-refractivity contribution is -0.0102. The Hall–Kier alpha value is 0.567. The van der Waals surface area contributed by atoms with Gasteiger partial charge in [0.2, 0.25) is 0 Å². The SMILES string of the molecule is COCOCP[Si](C)(C)C. The molecule has 1 unspecified atom stereocenters. The van der Waals surface area contributed by atoms with Crippen molar-refractivity contribution in [2.45, 2.75) is 19.6 Å². The normalized spacial score (nSPS) is 13.2. The molecule has 0 N–H and O–H groups in total. The van der Waals surface area contributed by atoms with E-state index in [2.05, 4.69) is 19.6 Å². The Morgan fingerprint density at radius 2 is 1.90 bits per heavy atom. The summed E-state index contributed by atoms with van der Waals surface area (Å²) in [5, 5.41) is 0. The topological polar surface area (TPSA) is 18.5 Å². The van der Waals surface area contributed by atoms with Gasteiger partial charge in [-0.1, -0.05) is 19.6 Å². The molecule has 0 rings (SSSR count). The van der Waals surface area contributed by atoms with Crippen molar-refractivity contribution in [3.63, 3.8) is 0 Å². The molecule has 0 heterocycles. The maximum Gasteiger partial charge on any atom is 0.146 e. The summed E-state index contributed by atoms with van der Waals surface area (Å²) in [7, 11) is 1.78. The minimum absolute atomic E-state index is 0.442. The number of hydrogen-bond acceptors (Lipinski definition) is 2. The van der Waals surface area contributed by atoms with Crippen LogP contribution in [0.4, 0.5) is 0 Å². The third kappa shape index (κ3) is 8.57. The molecule has 4 heteroatoms. The van der Waals surface area contributed by atoms with Crippen LogP contribution in [-0.2, 0) is 9.47 Å². The fourth-order valence-electron chi connectivity index (χ4n) is 0.393. The molecule has 0 fully saturated rings. The maximum atomic E-state index is 5.18. The zero-order chi connectivity index (χ0) is 8.04. The third-order valence-corrected chi connectivity index (χ3v) is 5.93. The molecule has 0 saturated carbocycles. The molecule has 0 aliphatic rings. The van der Waals surface area contributed by atoms with Crippen LogP contribution < -0.4 is 0 Å². The monoisotopic (exact) mass is 180 g/mol. The van der Waals surface area contributed by atoms with Crippen LogP contribution in [0.5, 0.6) is 0 Å². The van der Waals surface area contributed by atoms with E-state index in [0.717, 1.165) is 14.5 Å². The largest absolute Gasteiger partial charge is 0.359 e. The maximum absolute atomic E-state index is 5.18. The summed E-state index contributed by atoms with van der Waals surface area (Å²) in [4.78, 5) is 0. The molecule has 0 aromatic heterocycles. The summed E-state index contributed by atoms with van der Waals surface area (Å²) in [5.41, 5.74) is 0. The van der Waals surface area contributed by atoms with Gasteiger partial charge in [0, 0.05) is 7.11 Å². The Morgan fingerprint density at radius 1 is 1.30 bits per heavy atom. The minimum Gasteiger partial charge on any atom is -0.359 e. The molecular weight excluding hydrogens is 163 g/mol. The highest BCUT2D eigenvalue weighted by atomic mass is 31.3. The predicted octanol–water partition coefficient (Wildman–Crippen LogP) is 2.08. The van der Waals surface area contributed by atoms with Crippen molar-refractivity contribution in [1.29, 1.82) is 0 Å². The van der Waals surface area contributed by atoms with Gasteiger partial charge in [0.25, 0.3) is 0 Å². The van der Waals surface area contributed by atoms with Gasteiger partial charge in [0.1, 0.15) is 6.79 Å². The average Bonchev–Trinajstić information content (AvgIpc) is 1.78. The summed E-state index contributed by atoms with van der Waals surface area (Å²) in [6.07, 6.45) is 0.879. The van der Waals surface area contributed by atoms with Crippen molar-refractivity contribution < 1.29 is 9.47 Å². The standard InChI is InChI=1S/C6H17O2PSi/c1-7-5-8-6-9-10(2,3)4/h9H,5-6H2,1-4H3. The Morgan fingerprint density at radius 3 is 2.30 bits per heavy atom. The van der Waals surface area contributed by atoms with Crippen molar-refractivity contribution in [1.82, 2.24) is 0 Å². The second-order valence-electron chi connectivity index (χ2n) is 3.18. The lowest BCUT2D eigenvalue weighted by Crippen LogP contribution is -2.13. The molecule has 1 atom stereocenters. The Balaban J connectivity index is 3.04. The lowest BCUT2D eigenvalue weighted by atomic mass is 11.4. The predicted molar refractivity (Wildman–Crippen MR) is 49.5 cm³/mol. The van der Waals surface area contributed by atoms with Crippen LogP contribution in [0.2, 0.25) is 19.6 Å². The summed E-state index contributed by atoms with van der Waals surface area (Å²) in [5.74, 6) is 0. The lowest BCUT2D eigenvalue weighted by Gasteiger charge is -2.14. The fourth-order valence-corrected chi connectivity index (χ4v) is 2.62. The van der Waals surface area contributed by atoms with Gasteiger partial charge >= 0.3 is 0 Å². The summed E-state index contributed by atoms with van der Waals surface area (Å²) >= 11 is 0. The van der Waals surface area contributed by atoms with E-state index >= 15 is 0 Å². The van der Waals surface area contributed by atoms with E-state index in [-0.39, 0.29) is 0 Å². The van der Waals surface area contributed by atoms with Gasteiger partial charge in [0.15, 0.2) is 0 Å². The molecule has 0 spiro atoms. The molecule has 62 valence electrons. The van der Waals surface area contributed by atoms with Crippen LogP contribution in [-0.4, -0.2) is 28.0 Å². The zero-order valence-electron chi connectivity index (χ0n) is 7.23. The first-order chi connectivity index (χ1) is 4.56. The highest BCUT2D eigenvalue weighted by Crippen LogP contribution is 2.25. The van der Waals surface area contributed by atoms with Gasteiger partial charge < -0.3 is 9.47 Å². The molecule has 2 nitrogen and oxygen atoms in total. The van der Waals surface area contributed by atoms with Crippen LogP contribution in [0, 0.1) is 0 Å². The highest BCUT2D eigenvalue weighted by molar-refractivity contribution is 7.81. The van der Waals surface area contributed by atoms with Crippen LogP contribution in [0.1, 0.15) is 0 Å². The first-order valence-corrected chi connectivity index (χ1v) is 9.08. The summed E-state index contributed by atoms with van der Waals surface area (Å²) in [6.45, 7) is 7.49. The molecule has 0 bridgehead atoms. The molecule has 0 saturated heterocycles. The van der Waals surface area contributed by atoms with E-state index in [1.165, 1.54) is 0 Å². The minimum atomic E-state index is -0.860. The van der Waals surface area contributed by atoms with E-state index in [0.29, 0.717) is 6.79 Å². The number of hydrogen-bond donors (Lipinski definition) is 0. The molecular formula is C6H17O2PSi. The molecule has 0 aromatic rings. The van der Waals surface area contributed by atoms with E-state index < -0.39 is 7.74 Å². The van der Waals surface area contributed by atoms with Crippen molar-refractivity contribution in [3.8, 4) is 0 Å². The smallest absolute Gasteiger partial charge is 0.146 e.